The molecule has 4 N–H and O–H groups in total. The normalized spacial score (nSPS) is 14.3. The molecule has 0 radical (unpaired) electrons. The summed E-state index contributed by atoms with van der Waals surface area (Å²) in [6, 6.07) is 16.7. The number of nitrogens with one attached hydrogen (secondary N) is 4. The summed E-state index contributed by atoms with van der Waals surface area (Å²) in [5, 5.41) is 18.2. The van der Waals surface area contributed by atoms with E-state index in [1.807, 2.05) is 6.07 Å². The van der Waals surface area contributed by atoms with Gasteiger partial charge in [0.1, 0.15) is 0 Å². The molecule has 6 aromatic rings. The van der Waals surface area contributed by atoms with Crippen molar-refractivity contribution in [3.05, 3.63) is 72.5 Å². The standard InChI is InChI=1S/C30H27N7OS/c38-28(11-18-6-8-31-9-7-18)34-21-12-19(15-32-17-21)20-13-24-29(36-37-30(24)33-16-20)26-14-23-22(27-5-2-10-39-27)3-1-4-25(23)35-26/h1-5,10,12-18,31,35H,6-9,11H2,(H,34,38)(H,33,36,37). The van der Waals surface area contributed by atoms with E-state index in [0.29, 0.717) is 23.7 Å². The maximum absolute atomic E-state index is 12.7. The summed E-state index contributed by atoms with van der Waals surface area (Å²) in [6.07, 6.45) is 7.89. The maximum Gasteiger partial charge on any atom is 0.224 e. The SMILES string of the molecule is O=C(CC1CCNCC1)Nc1cncc(-c2cnc3n[nH]c(-c4cc5c(-c6cccs6)cccc5[nH]4)c3c2)c1. The fourth-order valence-electron chi connectivity index (χ4n) is 5.43. The summed E-state index contributed by atoms with van der Waals surface area (Å²) in [4.78, 5) is 26.4. The zero-order valence-corrected chi connectivity index (χ0v) is 22.0. The molecule has 8 nitrogen and oxygen atoms in total. The zero-order chi connectivity index (χ0) is 26.2. The Balaban J connectivity index is 1.19. The molecule has 1 aromatic carbocycles. The lowest BCUT2D eigenvalue weighted by molar-refractivity contribution is -0.117. The molecular weight excluding hydrogens is 506 g/mol. The first-order chi connectivity index (χ1) is 19.2. The van der Waals surface area contributed by atoms with E-state index in [9.17, 15) is 4.79 Å². The number of piperidine rings is 1. The topological polar surface area (TPSA) is 111 Å². The smallest absolute Gasteiger partial charge is 0.224 e. The molecule has 0 atom stereocenters. The van der Waals surface area contributed by atoms with Gasteiger partial charge in [-0.25, -0.2) is 4.98 Å². The third-order valence-electron chi connectivity index (χ3n) is 7.42. The van der Waals surface area contributed by atoms with Gasteiger partial charge in [-0.15, -0.1) is 11.3 Å². The molecule has 0 unspecified atom stereocenters. The van der Waals surface area contributed by atoms with Gasteiger partial charge in [-0.1, -0.05) is 18.2 Å². The van der Waals surface area contributed by atoms with Crippen molar-refractivity contribution in [1.29, 1.82) is 0 Å². The monoisotopic (exact) mass is 533 g/mol. The Morgan fingerprint density at radius 3 is 2.77 bits per heavy atom. The van der Waals surface area contributed by atoms with Crippen LogP contribution in [0.5, 0.6) is 0 Å². The zero-order valence-electron chi connectivity index (χ0n) is 21.2. The number of amides is 1. The van der Waals surface area contributed by atoms with E-state index in [4.69, 9.17) is 0 Å². The van der Waals surface area contributed by atoms with Crippen LogP contribution in [0.25, 0.3) is 54.9 Å². The second kappa shape index (κ2) is 10.1. The molecule has 1 saturated heterocycles. The number of thiophene rings is 1. The Hall–Kier alpha value is -4.34. The van der Waals surface area contributed by atoms with E-state index in [2.05, 4.69) is 83.6 Å². The summed E-state index contributed by atoms with van der Waals surface area (Å²) in [7, 11) is 0. The quantitative estimate of drug-likeness (QED) is 0.203. The predicted molar refractivity (Wildman–Crippen MR) is 157 cm³/mol. The lowest BCUT2D eigenvalue weighted by atomic mass is 9.94. The number of hydrogen-bond acceptors (Lipinski definition) is 6. The summed E-state index contributed by atoms with van der Waals surface area (Å²) in [5.74, 6) is 0.465. The molecule has 0 bridgehead atoms. The number of aromatic amines is 2. The van der Waals surface area contributed by atoms with Crippen LogP contribution in [0.1, 0.15) is 19.3 Å². The van der Waals surface area contributed by atoms with Gasteiger partial charge in [0.25, 0.3) is 0 Å². The van der Waals surface area contributed by atoms with E-state index in [1.165, 1.54) is 15.8 Å². The molecule has 5 aromatic heterocycles. The van der Waals surface area contributed by atoms with Gasteiger partial charge in [-0.05, 0) is 67.6 Å². The average Bonchev–Trinajstić information content (AvgIpc) is 3.73. The maximum atomic E-state index is 12.7. The lowest BCUT2D eigenvalue weighted by Gasteiger charge is -2.21. The minimum absolute atomic E-state index is 0.0345. The van der Waals surface area contributed by atoms with Crippen LogP contribution in [0.4, 0.5) is 5.69 Å². The Morgan fingerprint density at radius 1 is 1.00 bits per heavy atom. The first-order valence-electron chi connectivity index (χ1n) is 13.2. The molecule has 1 aliphatic heterocycles. The average molecular weight is 534 g/mol. The molecule has 1 amide bonds. The number of H-pyrrole nitrogens is 2. The first-order valence-corrected chi connectivity index (χ1v) is 14.1. The van der Waals surface area contributed by atoms with Gasteiger partial charge in [0.05, 0.1) is 23.3 Å². The second-order valence-corrected chi connectivity index (χ2v) is 11.0. The molecule has 7 rings (SSSR count). The molecule has 0 spiro atoms. The Bertz CT molecular complexity index is 1780. The van der Waals surface area contributed by atoms with Crippen LogP contribution in [0, 0.1) is 5.92 Å². The van der Waals surface area contributed by atoms with Crippen molar-refractivity contribution >= 4 is 44.9 Å². The van der Waals surface area contributed by atoms with Crippen molar-refractivity contribution in [2.45, 2.75) is 19.3 Å². The Kier molecular flexibility index (Phi) is 6.14. The van der Waals surface area contributed by atoms with Crippen molar-refractivity contribution in [3.8, 4) is 33.0 Å². The van der Waals surface area contributed by atoms with Crippen LogP contribution in [0.3, 0.4) is 0 Å². The van der Waals surface area contributed by atoms with Crippen LogP contribution >= 0.6 is 11.3 Å². The predicted octanol–water partition coefficient (Wildman–Crippen LogP) is 6.22. The lowest BCUT2D eigenvalue weighted by Crippen LogP contribution is -2.30. The number of fused-ring (bicyclic) bond motifs is 2. The highest BCUT2D eigenvalue weighted by molar-refractivity contribution is 7.13. The fraction of sp³-hybridized carbons (Fsp3) is 0.200. The minimum atomic E-state index is 0.0345. The van der Waals surface area contributed by atoms with E-state index in [1.54, 1.807) is 29.9 Å². The van der Waals surface area contributed by atoms with E-state index in [-0.39, 0.29) is 5.91 Å². The van der Waals surface area contributed by atoms with Crippen LogP contribution < -0.4 is 10.6 Å². The van der Waals surface area contributed by atoms with Gasteiger partial charge in [0, 0.05) is 56.7 Å². The molecule has 1 aliphatic rings. The first kappa shape index (κ1) is 23.8. The largest absolute Gasteiger partial charge is 0.353 e. The third kappa shape index (κ3) is 4.71. The van der Waals surface area contributed by atoms with Gasteiger partial charge in [-0.3, -0.25) is 14.9 Å². The number of nitrogens with zero attached hydrogens (tertiary/aromatic N) is 3. The highest BCUT2D eigenvalue weighted by Crippen LogP contribution is 2.36. The van der Waals surface area contributed by atoms with Crippen LogP contribution in [-0.4, -0.2) is 44.1 Å². The van der Waals surface area contributed by atoms with Gasteiger partial charge >= 0.3 is 0 Å². The molecule has 39 heavy (non-hydrogen) atoms. The molecule has 0 saturated carbocycles. The van der Waals surface area contributed by atoms with Crippen molar-refractivity contribution in [3.63, 3.8) is 0 Å². The van der Waals surface area contributed by atoms with Gasteiger partial charge < -0.3 is 15.6 Å². The van der Waals surface area contributed by atoms with Gasteiger partial charge in [0.2, 0.25) is 5.91 Å². The number of carbonyl (C=O) groups is 1. The van der Waals surface area contributed by atoms with Crippen molar-refractivity contribution in [2.24, 2.45) is 5.92 Å². The minimum Gasteiger partial charge on any atom is -0.353 e. The number of benzene rings is 1. The van der Waals surface area contributed by atoms with Crippen LogP contribution in [-0.2, 0) is 4.79 Å². The highest BCUT2D eigenvalue weighted by atomic mass is 32.1. The van der Waals surface area contributed by atoms with E-state index < -0.39 is 0 Å². The molecule has 194 valence electrons. The van der Waals surface area contributed by atoms with Gasteiger partial charge in [-0.2, -0.15) is 5.10 Å². The summed E-state index contributed by atoms with van der Waals surface area (Å²) < 4.78 is 0. The summed E-state index contributed by atoms with van der Waals surface area (Å²) in [6.45, 7) is 1.96. The van der Waals surface area contributed by atoms with Gasteiger partial charge in [0.15, 0.2) is 5.65 Å². The Morgan fingerprint density at radius 2 is 1.90 bits per heavy atom. The molecule has 1 fully saturated rings. The number of pyridine rings is 2. The van der Waals surface area contributed by atoms with Crippen molar-refractivity contribution < 1.29 is 4.79 Å². The van der Waals surface area contributed by atoms with Crippen molar-refractivity contribution in [1.82, 2.24) is 30.5 Å². The molecule has 0 aliphatic carbocycles. The van der Waals surface area contributed by atoms with Crippen LogP contribution in [0.15, 0.2) is 72.5 Å². The number of anilines is 1. The summed E-state index contributed by atoms with van der Waals surface area (Å²) >= 11 is 1.73. The highest BCUT2D eigenvalue weighted by Gasteiger charge is 2.18. The molecular formula is C30H27N7OS. The molecule has 9 heteroatoms. The molecule has 6 heterocycles. The second-order valence-electron chi connectivity index (χ2n) is 10.0. The van der Waals surface area contributed by atoms with E-state index in [0.717, 1.165) is 59.3 Å². The number of rotatable bonds is 6. The number of aromatic nitrogens is 5. The van der Waals surface area contributed by atoms with Crippen LogP contribution in [0.2, 0.25) is 0 Å². The third-order valence-corrected chi connectivity index (χ3v) is 8.32. The number of hydrogen-bond donors (Lipinski definition) is 4. The number of carbonyl (C=O) groups excluding carboxylic acids is 1. The Labute approximate surface area is 228 Å². The van der Waals surface area contributed by atoms with Crippen molar-refractivity contribution in [2.75, 3.05) is 18.4 Å². The van der Waals surface area contributed by atoms with E-state index >= 15 is 0 Å². The summed E-state index contributed by atoms with van der Waals surface area (Å²) in [5.41, 5.74) is 7.23. The fourth-order valence-corrected chi connectivity index (χ4v) is 6.19.